The second-order valence-electron chi connectivity index (χ2n) is 4.15. The molecule has 0 spiro atoms. The van der Waals surface area contributed by atoms with Crippen molar-refractivity contribution < 1.29 is 4.74 Å². The van der Waals surface area contributed by atoms with Gasteiger partial charge in [-0.05, 0) is 11.5 Å². The predicted molar refractivity (Wildman–Crippen MR) is 74.4 cm³/mol. The lowest BCUT2D eigenvalue weighted by Crippen LogP contribution is -2.26. The largest absolute Gasteiger partial charge is 0.495 e. The monoisotopic (exact) mass is 241 g/mol. The van der Waals surface area contributed by atoms with Crippen LogP contribution in [0.5, 0.6) is 5.75 Å². The number of benzene rings is 2. The van der Waals surface area contributed by atoms with Crippen molar-refractivity contribution in [2.75, 3.05) is 25.5 Å². The van der Waals surface area contributed by atoms with Crippen LogP contribution in [0.4, 0.5) is 5.69 Å². The quantitative estimate of drug-likeness (QED) is 0.847. The zero-order chi connectivity index (χ0) is 12.4. The lowest BCUT2D eigenvalue weighted by Gasteiger charge is -2.14. The summed E-state index contributed by atoms with van der Waals surface area (Å²) >= 11 is 0. The van der Waals surface area contributed by atoms with Gasteiger partial charge >= 0.3 is 0 Å². The Bertz CT molecular complexity index is 607. The molecular formula is C14H15N3O. The molecule has 3 rings (SSSR count). The molecule has 0 aliphatic carbocycles. The van der Waals surface area contributed by atoms with E-state index >= 15 is 0 Å². The van der Waals surface area contributed by atoms with Gasteiger partial charge in [0.2, 0.25) is 0 Å². The molecular weight excluding hydrogens is 226 g/mol. The molecule has 2 N–H and O–H groups in total. The van der Waals surface area contributed by atoms with Crippen molar-refractivity contribution in [2.24, 2.45) is 4.99 Å². The van der Waals surface area contributed by atoms with Crippen LogP contribution in [0.3, 0.4) is 0 Å². The summed E-state index contributed by atoms with van der Waals surface area (Å²) in [6.45, 7) is 1.70. The Morgan fingerprint density at radius 3 is 2.89 bits per heavy atom. The molecule has 0 fully saturated rings. The minimum Gasteiger partial charge on any atom is -0.495 e. The number of rotatable bonds is 2. The molecule has 92 valence electrons. The number of anilines is 1. The first kappa shape index (κ1) is 10.9. The number of aliphatic imine (C=N–C) groups is 1. The van der Waals surface area contributed by atoms with E-state index in [-0.39, 0.29) is 0 Å². The van der Waals surface area contributed by atoms with E-state index < -0.39 is 0 Å². The summed E-state index contributed by atoms with van der Waals surface area (Å²) in [7, 11) is 1.68. The van der Waals surface area contributed by atoms with E-state index in [2.05, 4.69) is 33.8 Å². The molecule has 1 heterocycles. The van der Waals surface area contributed by atoms with Crippen molar-refractivity contribution in [1.82, 2.24) is 5.32 Å². The topological polar surface area (TPSA) is 45.6 Å². The van der Waals surface area contributed by atoms with Gasteiger partial charge in [0.05, 0.1) is 19.3 Å². The van der Waals surface area contributed by atoms with Gasteiger partial charge < -0.3 is 15.4 Å². The molecule has 0 aromatic heterocycles. The Balaban J connectivity index is 2.11. The van der Waals surface area contributed by atoms with Crippen LogP contribution in [-0.2, 0) is 0 Å². The van der Waals surface area contributed by atoms with Crippen LogP contribution < -0.4 is 15.4 Å². The van der Waals surface area contributed by atoms with Gasteiger partial charge in [0, 0.05) is 11.9 Å². The number of nitrogens with zero attached hydrogens (tertiary/aromatic N) is 1. The SMILES string of the molecule is COc1ccc2ccccc2c1NC1=NCCN1. The molecule has 0 saturated heterocycles. The summed E-state index contributed by atoms with van der Waals surface area (Å²) < 4.78 is 5.42. The van der Waals surface area contributed by atoms with Gasteiger partial charge in [-0.2, -0.15) is 0 Å². The number of hydrogen-bond acceptors (Lipinski definition) is 4. The summed E-state index contributed by atoms with van der Waals surface area (Å²) in [6, 6.07) is 12.3. The molecule has 0 unspecified atom stereocenters. The molecule has 0 radical (unpaired) electrons. The Morgan fingerprint density at radius 1 is 1.22 bits per heavy atom. The van der Waals surface area contributed by atoms with Crippen molar-refractivity contribution in [3.63, 3.8) is 0 Å². The van der Waals surface area contributed by atoms with Crippen molar-refractivity contribution >= 4 is 22.4 Å². The molecule has 1 aliphatic heterocycles. The fourth-order valence-corrected chi connectivity index (χ4v) is 2.15. The van der Waals surface area contributed by atoms with Gasteiger partial charge in [-0.3, -0.25) is 4.99 Å². The van der Waals surface area contributed by atoms with Crippen molar-refractivity contribution in [1.29, 1.82) is 0 Å². The zero-order valence-corrected chi connectivity index (χ0v) is 10.2. The van der Waals surface area contributed by atoms with Crippen molar-refractivity contribution in [3.05, 3.63) is 36.4 Å². The molecule has 4 heteroatoms. The smallest absolute Gasteiger partial charge is 0.196 e. The molecule has 2 aromatic carbocycles. The zero-order valence-electron chi connectivity index (χ0n) is 10.2. The van der Waals surface area contributed by atoms with Gasteiger partial charge in [0.1, 0.15) is 5.75 Å². The minimum absolute atomic E-state index is 0.810. The van der Waals surface area contributed by atoms with E-state index in [4.69, 9.17) is 4.74 Å². The van der Waals surface area contributed by atoms with Gasteiger partial charge in [-0.1, -0.05) is 30.3 Å². The van der Waals surface area contributed by atoms with Crippen LogP contribution in [0.1, 0.15) is 0 Å². The van der Waals surface area contributed by atoms with Crippen LogP contribution in [-0.4, -0.2) is 26.2 Å². The predicted octanol–water partition coefficient (Wildman–Crippen LogP) is 2.22. The number of guanidine groups is 1. The number of ether oxygens (including phenoxy) is 1. The molecule has 0 amide bonds. The van der Waals surface area contributed by atoms with Gasteiger partial charge in [-0.25, -0.2) is 0 Å². The Morgan fingerprint density at radius 2 is 2.11 bits per heavy atom. The van der Waals surface area contributed by atoms with Crippen LogP contribution in [0.2, 0.25) is 0 Å². The van der Waals surface area contributed by atoms with E-state index in [9.17, 15) is 0 Å². The van der Waals surface area contributed by atoms with Crippen molar-refractivity contribution in [2.45, 2.75) is 0 Å². The maximum absolute atomic E-state index is 5.42. The number of fused-ring (bicyclic) bond motifs is 1. The standard InChI is InChI=1S/C14H15N3O/c1-18-12-7-6-10-4-2-3-5-11(10)13(12)17-14-15-8-9-16-14/h2-7H,8-9H2,1H3,(H2,15,16,17). The molecule has 0 saturated carbocycles. The van der Waals surface area contributed by atoms with E-state index in [1.165, 1.54) is 5.39 Å². The van der Waals surface area contributed by atoms with Gasteiger partial charge in [-0.15, -0.1) is 0 Å². The molecule has 0 bridgehead atoms. The summed E-state index contributed by atoms with van der Waals surface area (Å²) in [4.78, 5) is 4.35. The highest BCUT2D eigenvalue weighted by Gasteiger charge is 2.11. The summed E-state index contributed by atoms with van der Waals surface area (Å²) in [5.74, 6) is 1.63. The van der Waals surface area contributed by atoms with Gasteiger partial charge in [0.15, 0.2) is 5.96 Å². The fraction of sp³-hybridized carbons (Fsp3) is 0.214. The fourth-order valence-electron chi connectivity index (χ4n) is 2.15. The second-order valence-corrected chi connectivity index (χ2v) is 4.15. The van der Waals surface area contributed by atoms with E-state index in [1.807, 2.05) is 18.2 Å². The van der Waals surface area contributed by atoms with Crippen molar-refractivity contribution in [3.8, 4) is 5.75 Å². The summed E-state index contributed by atoms with van der Waals surface area (Å²) in [6.07, 6.45) is 0. The normalized spacial score (nSPS) is 14.2. The Kier molecular flexibility index (Phi) is 2.76. The second kappa shape index (κ2) is 4.56. The van der Waals surface area contributed by atoms with E-state index in [1.54, 1.807) is 7.11 Å². The molecule has 2 aromatic rings. The lowest BCUT2D eigenvalue weighted by molar-refractivity contribution is 0.417. The third-order valence-electron chi connectivity index (χ3n) is 3.03. The first-order chi connectivity index (χ1) is 8.88. The summed E-state index contributed by atoms with van der Waals surface area (Å²) in [5.41, 5.74) is 0.962. The van der Waals surface area contributed by atoms with Gasteiger partial charge in [0.25, 0.3) is 0 Å². The highest BCUT2D eigenvalue weighted by molar-refractivity contribution is 6.06. The molecule has 4 nitrogen and oxygen atoms in total. The molecule has 0 atom stereocenters. The first-order valence-electron chi connectivity index (χ1n) is 5.99. The average Bonchev–Trinajstić information content (AvgIpc) is 2.92. The van der Waals surface area contributed by atoms with E-state index in [0.29, 0.717) is 0 Å². The maximum atomic E-state index is 5.42. The van der Waals surface area contributed by atoms with Crippen LogP contribution >= 0.6 is 0 Å². The van der Waals surface area contributed by atoms with Crippen LogP contribution in [0.25, 0.3) is 10.8 Å². The third-order valence-corrected chi connectivity index (χ3v) is 3.03. The number of methoxy groups -OCH3 is 1. The Hall–Kier alpha value is -2.23. The minimum atomic E-state index is 0.810. The maximum Gasteiger partial charge on any atom is 0.196 e. The molecule has 18 heavy (non-hydrogen) atoms. The first-order valence-corrected chi connectivity index (χ1v) is 5.99. The summed E-state index contributed by atoms with van der Waals surface area (Å²) in [5, 5.41) is 8.83. The number of hydrogen-bond donors (Lipinski definition) is 2. The van der Waals surface area contributed by atoms with Crippen LogP contribution in [0, 0.1) is 0 Å². The average molecular weight is 241 g/mol. The number of nitrogens with one attached hydrogen (secondary N) is 2. The molecule has 1 aliphatic rings. The highest BCUT2D eigenvalue weighted by Crippen LogP contribution is 2.33. The Labute approximate surface area is 106 Å². The van der Waals surface area contributed by atoms with E-state index in [0.717, 1.165) is 35.9 Å². The highest BCUT2D eigenvalue weighted by atomic mass is 16.5. The lowest BCUT2D eigenvalue weighted by atomic mass is 10.1. The third kappa shape index (κ3) is 1.86. The van der Waals surface area contributed by atoms with Crippen LogP contribution in [0.15, 0.2) is 41.4 Å².